The Morgan fingerprint density at radius 2 is 1.75 bits per heavy atom. The van der Waals surface area contributed by atoms with Gasteiger partial charge in [-0.05, 0) is 23.3 Å². The maximum absolute atomic E-state index is 12.7. The van der Waals surface area contributed by atoms with Gasteiger partial charge in [0.1, 0.15) is 10.7 Å². The van der Waals surface area contributed by atoms with Crippen LogP contribution in [-0.4, -0.2) is 24.8 Å². The molecule has 2 heterocycles. The summed E-state index contributed by atoms with van der Waals surface area (Å²) in [6.07, 6.45) is 1.57. The Morgan fingerprint density at radius 1 is 1.10 bits per heavy atom. The highest BCUT2D eigenvalue weighted by Gasteiger charge is 2.32. The van der Waals surface area contributed by atoms with Crippen LogP contribution in [0.1, 0.15) is 11.1 Å². The third-order valence-electron chi connectivity index (χ3n) is 3.44. The van der Waals surface area contributed by atoms with Crippen LogP contribution < -0.4 is 5.32 Å². The lowest BCUT2D eigenvalue weighted by molar-refractivity contribution is 0.431. The topological polar surface area (TPSA) is 62.3 Å². The van der Waals surface area contributed by atoms with Gasteiger partial charge in [0.25, 0.3) is 0 Å². The maximum atomic E-state index is 12.7. The quantitative estimate of drug-likeness (QED) is 0.936. The molecule has 1 N–H and O–H groups in total. The summed E-state index contributed by atoms with van der Waals surface area (Å²) in [6, 6.07) is 11.0. The van der Waals surface area contributed by atoms with Gasteiger partial charge in [0.2, 0.25) is 10.0 Å². The zero-order valence-electron chi connectivity index (χ0n) is 11.1. The Labute approximate surface area is 118 Å². The maximum Gasteiger partial charge on any atom is 0.247 e. The van der Waals surface area contributed by atoms with Crippen LogP contribution >= 0.6 is 0 Å². The van der Waals surface area contributed by atoms with Gasteiger partial charge in [-0.1, -0.05) is 24.3 Å². The third kappa shape index (κ3) is 2.07. The standard InChI is InChI=1S/C14H15N3O2S/c1-15-14-13(7-4-8-16-14)20(18,19)17-9-11-5-2-3-6-12(11)10-17/h2-8H,9-10H2,1H3,(H,15,16). The number of hydrogen-bond donors (Lipinski definition) is 1. The van der Waals surface area contributed by atoms with Gasteiger partial charge in [0.05, 0.1) is 0 Å². The van der Waals surface area contributed by atoms with Crippen molar-refractivity contribution < 1.29 is 8.42 Å². The Hall–Kier alpha value is -1.92. The number of pyridine rings is 1. The molecule has 2 aromatic rings. The van der Waals surface area contributed by atoms with Crippen molar-refractivity contribution in [1.82, 2.24) is 9.29 Å². The third-order valence-corrected chi connectivity index (χ3v) is 5.26. The Bertz CT molecular complexity index is 719. The van der Waals surface area contributed by atoms with E-state index in [-0.39, 0.29) is 4.90 Å². The summed E-state index contributed by atoms with van der Waals surface area (Å²) in [4.78, 5) is 4.28. The lowest BCUT2D eigenvalue weighted by Crippen LogP contribution is -2.26. The summed E-state index contributed by atoms with van der Waals surface area (Å²) < 4.78 is 26.9. The summed E-state index contributed by atoms with van der Waals surface area (Å²) in [5.41, 5.74) is 2.12. The highest BCUT2D eigenvalue weighted by Crippen LogP contribution is 2.30. The van der Waals surface area contributed by atoms with Gasteiger partial charge in [-0.15, -0.1) is 0 Å². The predicted octanol–water partition coefficient (Wildman–Crippen LogP) is 1.83. The second-order valence-corrected chi connectivity index (χ2v) is 6.55. The Kier molecular flexibility index (Phi) is 3.19. The molecule has 104 valence electrons. The first-order chi connectivity index (χ1) is 9.63. The van der Waals surface area contributed by atoms with E-state index in [0.717, 1.165) is 11.1 Å². The zero-order valence-corrected chi connectivity index (χ0v) is 11.9. The summed E-state index contributed by atoms with van der Waals surface area (Å²) >= 11 is 0. The van der Waals surface area contributed by atoms with Crippen molar-refractivity contribution >= 4 is 15.8 Å². The van der Waals surface area contributed by atoms with E-state index in [1.165, 1.54) is 4.31 Å². The molecule has 0 spiro atoms. The van der Waals surface area contributed by atoms with E-state index in [4.69, 9.17) is 0 Å². The van der Waals surface area contributed by atoms with E-state index in [1.807, 2.05) is 24.3 Å². The first kappa shape index (κ1) is 13.1. The van der Waals surface area contributed by atoms with Crippen molar-refractivity contribution in [1.29, 1.82) is 0 Å². The molecule has 0 aliphatic carbocycles. The largest absolute Gasteiger partial charge is 0.372 e. The fourth-order valence-corrected chi connectivity index (χ4v) is 3.94. The molecule has 0 saturated carbocycles. The molecule has 1 aromatic heterocycles. The lowest BCUT2D eigenvalue weighted by Gasteiger charge is -2.17. The molecule has 0 amide bonds. The molecular weight excluding hydrogens is 274 g/mol. The van der Waals surface area contributed by atoms with E-state index in [1.54, 1.807) is 25.4 Å². The molecular formula is C14H15N3O2S. The average molecular weight is 289 g/mol. The molecule has 1 aliphatic rings. The fourth-order valence-electron chi connectivity index (χ4n) is 2.40. The van der Waals surface area contributed by atoms with Crippen molar-refractivity contribution in [3.8, 4) is 0 Å². The second-order valence-electron chi connectivity index (χ2n) is 4.64. The van der Waals surface area contributed by atoms with Crippen molar-refractivity contribution in [3.63, 3.8) is 0 Å². The van der Waals surface area contributed by atoms with Crippen LogP contribution in [0.15, 0.2) is 47.5 Å². The number of sulfonamides is 1. The van der Waals surface area contributed by atoms with Crippen LogP contribution in [0, 0.1) is 0 Å². The van der Waals surface area contributed by atoms with E-state index >= 15 is 0 Å². The summed E-state index contributed by atoms with van der Waals surface area (Å²) in [5.74, 6) is 0.378. The van der Waals surface area contributed by atoms with Crippen molar-refractivity contribution in [3.05, 3.63) is 53.7 Å². The molecule has 5 nitrogen and oxygen atoms in total. The molecule has 1 aromatic carbocycles. The molecule has 0 radical (unpaired) electrons. The van der Waals surface area contributed by atoms with Crippen molar-refractivity contribution in [2.75, 3.05) is 12.4 Å². The minimum Gasteiger partial charge on any atom is -0.372 e. The average Bonchev–Trinajstić information content (AvgIpc) is 2.92. The minimum absolute atomic E-state index is 0.218. The monoisotopic (exact) mass is 289 g/mol. The summed E-state index contributed by atoms with van der Waals surface area (Å²) in [5, 5.41) is 2.83. The van der Waals surface area contributed by atoms with Gasteiger partial charge in [0.15, 0.2) is 0 Å². The molecule has 0 saturated heterocycles. The van der Waals surface area contributed by atoms with E-state index in [0.29, 0.717) is 18.9 Å². The van der Waals surface area contributed by atoms with Crippen LogP contribution in [0.3, 0.4) is 0 Å². The molecule has 6 heteroatoms. The summed E-state index contributed by atoms with van der Waals surface area (Å²) in [6.45, 7) is 0.826. The van der Waals surface area contributed by atoms with Crippen LogP contribution in [-0.2, 0) is 23.1 Å². The first-order valence-corrected chi connectivity index (χ1v) is 7.76. The molecule has 0 bridgehead atoms. The van der Waals surface area contributed by atoms with Crippen LogP contribution in [0.2, 0.25) is 0 Å². The zero-order chi connectivity index (χ0) is 14.2. The number of hydrogen-bond acceptors (Lipinski definition) is 4. The van der Waals surface area contributed by atoms with Crippen LogP contribution in [0.4, 0.5) is 5.82 Å². The van der Waals surface area contributed by atoms with Gasteiger partial charge in [-0.3, -0.25) is 0 Å². The number of nitrogens with one attached hydrogen (secondary N) is 1. The first-order valence-electron chi connectivity index (χ1n) is 6.32. The van der Waals surface area contributed by atoms with Gasteiger partial charge in [-0.25, -0.2) is 13.4 Å². The van der Waals surface area contributed by atoms with Gasteiger partial charge >= 0.3 is 0 Å². The van der Waals surface area contributed by atoms with E-state index in [2.05, 4.69) is 10.3 Å². The highest BCUT2D eigenvalue weighted by atomic mass is 32.2. The molecule has 0 fully saturated rings. The molecule has 0 atom stereocenters. The number of nitrogens with zero attached hydrogens (tertiary/aromatic N) is 2. The second kappa shape index (κ2) is 4.88. The number of aromatic nitrogens is 1. The Balaban J connectivity index is 1.99. The molecule has 1 aliphatic heterocycles. The van der Waals surface area contributed by atoms with E-state index in [9.17, 15) is 8.42 Å². The number of fused-ring (bicyclic) bond motifs is 1. The number of rotatable bonds is 3. The van der Waals surface area contributed by atoms with Crippen molar-refractivity contribution in [2.24, 2.45) is 0 Å². The molecule has 0 unspecified atom stereocenters. The van der Waals surface area contributed by atoms with Gasteiger partial charge in [0, 0.05) is 26.3 Å². The Morgan fingerprint density at radius 3 is 2.35 bits per heavy atom. The van der Waals surface area contributed by atoms with Crippen LogP contribution in [0.25, 0.3) is 0 Å². The van der Waals surface area contributed by atoms with Crippen LogP contribution in [0.5, 0.6) is 0 Å². The molecule has 20 heavy (non-hydrogen) atoms. The van der Waals surface area contributed by atoms with Gasteiger partial charge in [-0.2, -0.15) is 4.31 Å². The smallest absolute Gasteiger partial charge is 0.247 e. The minimum atomic E-state index is -3.54. The normalized spacial score (nSPS) is 15.1. The SMILES string of the molecule is CNc1ncccc1S(=O)(=O)N1Cc2ccccc2C1. The molecule has 3 rings (SSSR count). The summed E-state index contributed by atoms with van der Waals surface area (Å²) in [7, 11) is -1.87. The predicted molar refractivity (Wildman–Crippen MR) is 76.7 cm³/mol. The number of anilines is 1. The van der Waals surface area contributed by atoms with Crippen molar-refractivity contribution in [2.45, 2.75) is 18.0 Å². The fraction of sp³-hybridized carbons (Fsp3) is 0.214. The highest BCUT2D eigenvalue weighted by molar-refractivity contribution is 7.89. The number of benzene rings is 1. The van der Waals surface area contributed by atoms with Gasteiger partial charge < -0.3 is 5.32 Å². The van der Waals surface area contributed by atoms with E-state index < -0.39 is 10.0 Å². The lowest BCUT2D eigenvalue weighted by atomic mass is 10.1.